The van der Waals surface area contributed by atoms with E-state index < -0.39 is 0 Å². The molecule has 2 unspecified atom stereocenters. The van der Waals surface area contributed by atoms with Crippen molar-refractivity contribution in [3.63, 3.8) is 0 Å². The first-order chi connectivity index (χ1) is 7.25. The molecule has 1 aromatic rings. The van der Waals surface area contributed by atoms with Gasteiger partial charge in [0.25, 0.3) is 0 Å². The number of hydrogen-bond donors (Lipinski definition) is 1. The summed E-state index contributed by atoms with van der Waals surface area (Å²) >= 11 is 5.20. The van der Waals surface area contributed by atoms with Gasteiger partial charge in [0.1, 0.15) is 0 Å². The fraction of sp³-hybridized carbons (Fsp3) is 0.636. The molecule has 0 saturated carbocycles. The van der Waals surface area contributed by atoms with Crippen LogP contribution in [0.5, 0.6) is 0 Å². The Bertz CT molecular complexity index is 315. The van der Waals surface area contributed by atoms with Crippen molar-refractivity contribution in [2.24, 2.45) is 5.92 Å². The van der Waals surface area contributed by atoms with Crippen LogP contribution in [0.4, 0.5) is 0 Å². The van der Waals surface area contributed by atoms with Crippen LogP contribution in [0, 0.1) is 5.92 Å². The van der Waals surface area contributed by atoms with Gasteiger partial charge in [-0.2, -0.15) is 0 Å². The number of halogens is 1. The Labute approximate surface area is 103 Å². The summed E-state index contributed by atoms with van der Waals surface area (Å²) in [6, 6.07) is 2.13. The highest BCUT2D eigenvalue weighted by molar-refractivity contribution is 9.10. The normalized spacial score (nSPS) is 26.8. The Kier molecular flexibility index (Phi) is 4.20. The van der Waals surface area contributed by atoms with Crippen LogP contribution in [0.25, 0.3) is 0 Å². The Morgan fingerprint density at radius 2 is 2.53 bits per heavy atom. The van der Waals surface area contributed by atoms with Gasteiger partial charge in [-0.05, 0) is 40.9 Å². The average Bonchev–Trinajstić information content (AvgIpc) is 2.63. The summed E-state index contributed by atoms with van der Waals surface area (Å²) in [7, 11) is 0. The molecule has 1 aromatic heterocycles. The zero-order valence-electron chi connectivity index (χ0n) is 8.83. The highest BCUT2D eigenvalue weighted by Gasteiger charge is 2.21. The van der Waals surface area contributed by atoms with Gasteiger partial charge in [-0.15, -0.1) is 11.3 Å². The molecule has 1 aliphatic heterocycles. The van der Waals surface area contributed by atoms with E-state index in [4.69, 9.17) is 4.74 Å². The van der Waals surface area contributed by atoms with Gasteiger partial charge < -0.3 is 10.1 Å². The first-order valence-electron chi connectivity index (χ1n) is 5.31. The van der Waals surface area contributed by atoms with Gasteiger partial charge in [-0.1, -0.05) is 6.92 Å². The third-order valence-corrected chi connectivity index (χ3v) is 4.49. The van der Waals surface area contributed by atoms with Crippen LogP contribution >= 0.6 is 27.3 Å². The lowest BCUT2D eigenvalue weighted by atomic mass is 9.97. The van der Waals surface area contributed by atoms with Gasteiger partial charge in [0.05, 0.1) is 12.7 Å². The second kappa shape index (κ2) is 5.43. The summed E-state index contributed by atoms with van der Waals surface area (Å²) in [4.78, 5) is 1.29. The van der Waals surface area contributed by atoms with Gasteiger partial charge in [0.15, 0.2) is 0 Å². The van der Waals surface area contributed by atoms with Crippen LogP contribution in [0.2, 0.25) is 0 Å². The standard InChI is InChI=1S/C11H16BrNOS/c1-8-2-3-13-5-11(8)14-6-10-4-9(12)7-15-10/h4,7-8,11,13H,2-3,5-6H2,1H3. The quantitative estimate of drug-likeness (QED) is 0.924. The minimum Gasteiger partial charge on any atom is -0.371 e. The van der Waals surface area contributed by atoms with Crippen LogP contribution in [0.3, 0.4) is 0 Å². The molecular weight excluding hydrogens is 274 g/mol. The van der Waals surface area contributed by atoms with E-state index in [-0.39, 0.29) is 0 Å². The van der Waals surface area contributed by atoms with E-state index in [2.05, 4.69) is 39.6 Å². The van der Waals surface area contributed by atoms with Crippen molar-refractivity contribution in [3.8, 4) is 0 Å². The first kappa shape index (κ1) is 11.6. The predicted molar refractivity (Wildman–Crippen MR) is 67.2 cm³/mol. The van der Waals surface area contributed by atoms with E-state index in [1.54, 1.807) is 11.3 Å². The fourth-order valence-electron chi connectivity index (χ4n) is 1.80. The molecule has 2 atom stereocenters. The summed E-state index contributed by atoms with van der Waals surface area (Å²) in [5, 5.41) is 5.47. The lowest BCUT2D eigenvalue weighted by Gasteiger charge is -2.29. The molecule has 2 heterocycles. The minimum absolute atomic E-state index is 0.375. The smallest absolute Gasteiger partial charge is 0.0814 e. The maximum Gasteiger partial charge on any atom is 0.0814 e. The Hall–Kier alpha value is 0.1000. The summed E-state index contributed by atoms with van der Waals surface area (Å²) in [5.41, 5.74) is 0. The number of piperidine rings is 1. The van der Waals surface area contributed by atoms with Crippen molar-refractivity contribution in [3.05, 3.63) is 20.8 Å². The van der Waals surface area contributed by atoms with Gasteiger partial charge >= 0.3 is 0 Å². The molecule has 0 amide bonds. The van der Waals surface area contributed by atoms with Gasteiger partial charge in [-0.3, -0.25) is 0 Å². The third-order valence-electron chi connectivity index (χ3n) is 2.82. The van der Waals surface area contributed by atoms with Crippen LogP contribution in [-0.4, -0.2) is 19.2 Å². The lowest BCUT2D eigenvalue weighted by molar-refractivity contribution is -0.00540. The number of nitrogens with one attached hydrogen (secondary N) is 1. The molecule has 4 heteroatoms. The van der Waals surface area contributed by atoms with E-state index in [1.807, 2.05) is 0 Å². The molecule has 84 valence electrons. The van der Waals surface area contributed by atoms with E-state index in [0.717, 1.165) is 24.2 Å². The second-order valence-corrected chi connectivity index (χ2v) is 5.96. The molecule has 15 heavy (non-hydrogen) atoms. The second-order valence-electron chi connectivity index (χ2n) is 4.05. The van der Waals surface area contributed by atoms with E-state index in [1.165, 1.54) is 11.3 Å². The van der Waals surface area contributed by atoms with Crippen molar-refractivity contribution < 1.29 is 4.74 Å². The Balaban J connectivity index is 1.81. The van der Waals surface area contributed by atoms with Crippen LogP contribution in [0.1, 0.15) is 18.2 Å². The molecule has 0 aromatic carbocycles. The van der Waals surface area contributed by atoms with Gasteiger partial charge in [-0.25, -0.2) is 0 Å². The highest BCUT2D eigenvalue weighted by atomic mass is 79.9. The maximum atomic E-state index is 5.92. The number of hydrogen-bond acceptors (Lipinski definition) is 3. The molecule has 2 nitrogen and oxygen atoms in total. The van der Waals surface area contributed by atoms with Gasteiger partial charge in [0.2, 0.25) is 0 Å². The third kappa shape index (κ3) is 3.28. The van der Waals surface area contributed by atoms with E-state index in [9.17, 15) is 0 Å². The zero-order valence-corrected chi connectivity index (χ0v) is 11.2. The van der Waals surface area contributed by atoms with Crippen molar-refractivity contribution in [2.75, 3.05) is 13.1 Å². The minimum atomic E-state index is 0.375. The van der Waals surface area contributed by atoms with E-state index in [0.29, 0.717) is 12.0 Å². The van der Waals surface area contributed by atoms with Crippen molar-refractivity contribution in [1.29, 1.82) is 0 Å². The maximum absolute atomic E-state index is 5.92. The topological polar surface area (TPSA) is 21.3 Å². The SMILES string of the molecule is CC1CCNCC1OCc1cc(Br)cs1. The lowest BCUT2D eigenvalue weighted by Crippen LogP contribution is -2.40. The number of rotatable bonds is 3. The predicted octanol–water partition coefficient (Wildman–Crippen LogP) is 3.03. The molecule has 0 radical (unpaired) electrons. The van der Waals surface area contributed by atoms with Crippen molar-refractivity contribution >= 4 is 27.3 Å². The van der Waals surface area contributed by atoms with Crippen LogP contribution in [0.15, 0.2) is 15.9 Å². The summed E-state index contributed by atoms with van der Waals surface area (Å²) in [6.45, 7) is 5.14. The Morgan fingerprint density at radius 3 is 3.20 bits per heavy atom. The summed E-state index contributed by atoms with van der Waals surface area (Å²) in [6.07, 6.45) is 1.60. The summed E-state index contributed by atoms with van der Waals surface area (Å²) < 4.78 is 7.08. The largest absolute Gasteiger partial charge is 0.371 e. The highest BCUT2D eigenvalue weighted by Crippen LogP contribution is 2.22. The van der Waals surface area contributed by atoms with Crippen molar-refractivity contribution in [1.82, 2.24) is 5.32 Å². The van der Waals surface area contributed by atoms with Gasteiger partial charge in [0, 0.05) is 21.3 Å². The molecule has 2 rings (SSSR count). The van der Waals surface area contributed by atoms with Crippen LogP contribution < -0.4 is 5.32 Å². The Morgan fingerprint density at radius 1 is 1.67 bits per heavy atom. The molecular formula is C11H16BrNOS. The monoisotopic (exact) mass is 289 g/mol. The summed E-state index contributed by atoms with van der Waals surface area (Å²) in [5.74, 6) is 0.676. The molecule has 1 aliphatic rings. The number of thiophene rings is 1. The van der Waals surface area contributed by atoms with Crippen LogP contribution in [-0.2, 0) is 11.3 Å². The molecule has 0 spiro atoms. The fourth-order valence-corrected chi connectivity index (χ4v) is 3.17. The average molecular weight is 290 g/mol. The van der Waals surface area contributed by atoms with E-state index >= 15 is 0 Å². The molecule has 0 aliphatic carbocycles. The van der Waals surface area contributed by atoms with Crippen molar-refractivity contribution in [2.45, 2.75) is 26.1 Å². The number of ether oxygens (including phenoxy) is 1. The molecule has 1 fully saturated rings. The first-order valence-corrected chi connectivity index (χ1v) is 6.98. The molecule has 1 saturated heterocycles. The molecule has 0 bridgehead atoms. The molecule has 1 N–H and O–H groups in total. The zero-order chi connectivity index (χ0) is 10.7.